The van der Waals surface area contributed by atoms with Crippen LogP contribution in [-0.2, 0) is 12.4 Å². The fourth-order valence-electron chi connectivity index (χ4n) is 5.34. The summed E-state index contributed by atoms with van der Waals surface area (Å²) in [4.78, 5) is 4.48. The molecule has 8 heteroatoms. The zero-order chi connectivity index (χ0) is 29.9. The van der Waals surface area contributed by atoms with E-state index in [9.17, 15) is 26.3 Å². The van der Waals surface area contributed by atoms with Crippen LogP contribution in [0.5, 0.6) is 0 Å². The van der Waals surface area contributed by atoms with Crippen LogP contribution in [0.2, 0.25) is 0 Å². The van der Waals surface area contributed by atoms with Gasteiger partial charge in [-0.3, -0.25) is 4.98 Å². The quantitative estimate of drug-likeness (QED) is 0.184. The molecule has 5 aromatic carbocycles. The fraction of sp³-hybridized carbons (Fsp3) is 0.0571. The van der Waals surface area contributed by atoms with E-state index in [-0.39, 0.29) is 17.2 Å². The zero-order valence-corrected chi connectivity index (χ0v) is 22.9. The minimum Gasteiger partial charge on any atom is -0.256 e. The van der Waals surface area contributed by atoms with E-state index in [1.807, 2.05) is 42.5 Å². The van der Waals surface area contributed by atoms with Gasteiger partial charge in [0.1, 0.15) is 0 Å². The van der Waals surface area contributed by atoms with Crippen LogP contribution in [0, 0.1) is 0 Å². The van der Waals surface area contributed by atoms with Crippen molar-refractivity contribution in [2.24, 2.45) is 0 Å². The Morgan fingerprint density at radius 3 is 1.74 bits per heavy atom. The van der Waals surface area contributed by atoms with Crippen molar-refractivity contribution in [2.75, 3.05) is 0 Å². The van der Waals surface area contributed by atoms with E-state index in [1.165, 1.54) is 32.3 Å². The molecule has 0 fully saturated rings. The van der Waals surface area contributed by atoms with Crippen LogP contribution in [0.15, 0.2) is 115 Å². The van der Waals surface area contributed by atoms with Gasteiger partial charge in [0.25, 0.3) is 0 Å². The lowest BCUT2D eigenvalue weighted by Gasteiger charge is -2.14. The van der Waals surface area contributed by atoms with E-state index in [0.29, 0.717) is 10.9 Å². The Hall–Kier alpha value is -4.69. The van der Waals surface area contributed by atoms with Gasteiger partial charge in [-0.2, -0.15) is 26.3 Å². The molecule has 2 heterocycles. The molecule has 0 aliphatic carbocycles. The number of nitrogens with zero attached hydrogens (tertiary/aromatic N) is 1. The van der Waals surface area contributed by atoms with Crippen LogP contribution in [0.1, 0.15) is 11.1 Å². The van der Waals surface area contributed by atoms with Crippen molar-refractivity contribution in [1.82, 2.24) is 4.98 Å². The fourth-order valence-corrected chi connectivity index (χ4v) is 6.43. The summed E-state index contributed by atoms with van der Waals surface area (Å²) in [6, 6.07) is 31.1. The van der Waals surface area contributed by atoms with Gasteiger partial charge in [0, 0.05) is 37.3 Å². The van der Waals surface area contributed by atoms with Gasteiger partial charge in [0.15, 0.2) is 0 Å². The molecule has 0 spiro atoms. The minimum atomic E-state index is -4.92. The van der Waals surface area contributed by atoms with Crippen LogP contribution in [0.25, 0.3) is 64.5 Å². The first-order valence-electron chi connectivity index (χ1n) is 13.2. The number of hydrogen-bond acceptors (Lipinski definition) is 2. The van der Waals surface area contributed by atoms with E-state index < -0.39 is 23.5 Å². The molecule has 0 aliphatic rings. The Labute approximate surface area is 245 Å². The molecule has 0 saturated heterocycles. The van der Waals surface area contributed by atoms with Crippen LogP contribution in [0.3, 0.4) is 0 Å². The molecule has 43 heavy (non-hydrogen) atoms. The number of halogens is 6. The van der Waals surface area contributed by atoms with E-state index in [2.05, 4.69) is 35.3 Å². The normalized spacial score (nSPS) is 12.4. The first-order chi connectivity index (χ1) is 20.5. The molecule has 212 valence electrons. The zero-order valence-electron chi connectivity index (χ0n) is 22.1. The molecule has 0 unspecified atom stereocenters. The summed E-state index contributed by atoms with van der Waals surface area (Å²) in [5.74, 6) is 0. The van der Waals surface area contributed by atoms with Gasteiger partial charge in [-0.1, -0.05) is 60.7 Å². The number of alkyl halides is 6. The average Bonchev–Trinajstić information content (AvgIpc) is 3.37. The topological polar surface area (TPSA) is 12.9 Å². The summed E-state index contributed by atoms with van der Waals surface area (Å²) < 4.78 is 82.6. The maximum Gasteiger partial charge on any atom is 0.416 e. The summed E-state index contributed by atoms with van der Waals surface area (Å²) >= 11 is 1.77. The molecule has 0 N–H and O–H groups in total. The van der Waals surface area contributed by atoms with Crippen molar-refractivity contribution in [3.8, 4) is 33.4 Å². The lowest BCUT2D eigenvalue weighted by molar-refractivity contribution is -0.143. The molecule has 0 radical (unpaired) electrons. The summed E-state index contributed by atoms with van der Waals surface area (Å²) in [7, 11) is 0. The molecular formula is C35H19F6NS. The third-order valence-electron chi connectivity index (χ3n) is 7.53. The standard InChI is InChI=1S/C35H19F6NS/c36-34(37,38)27-14-25(15-28(18-27)35(39,40)41)23-9-10-24-13-26(19-42-31(24)17-23)21-7-5-20(6-8-21)22-11-12-33-30(16-22)29-3-1-2-4-32(29)43-33/h1-19H. The third-order valence-corrected chi connectivity index (χ3v) is 8.69. The predicted octanol–water partition coefficient (Wildman–Crippen LogP) is 11.6. The lowest BCUT2D eigenvalue weighted by atomic mass is 9.97. The first-order valence-corrected chi connectivity index (χ1v) is 14.1. The maximum atomic E-state index is 13.4. The van der Waals surface area contributed by atoms with E-state index >= 15 is 0 Å². The minimum absolute atomic E-state index is 0.128. The monoisotopic (exact) mass is 599 g/mol. The second-order valence-electron chi connectivity index (χ2n) is 10.3. The average molecular weight is 600 g/mol. The number of benzene rings is 5. The molecule has 0 atom stereocenters. The number of hydrogen-bond donors (Lipinski definition) is 0. The Bertz CT molecular complexity index is 2130. The SMILES string of the molecule is FC(F)(F)c1cc(-c2ccc3cc(-c4ccc(-c5ccc6sc7ccccc7c6c5)cc4)cnc3c2)cc(C(F)(F)F)c1. The number of pyridine rings is 1. The molecule has 7 aromatic rings. The Kier molecular flexibility index (Phi) is 6.29. The molecule has 0 aliphatic heterocycles. The van der Waals surface area contributed by atoms with Crippen LogP contribution in [0.4, 0.5) is 26.3 Å². The number of aromatic nitrogens is 1. The number of rotatable bonds is 3. The second kappa shape index (κ2) is 9.95. The highest BCUT2D eigenvalue weighted by Gasteiger charge is 2.37. The lowest BCUT2D eigenvalue weighted by Crippen LogP contribution is -2.11. The Morgan fingerprint density at radius 2 is 1.05 bits per heavy atom. The van der Waals surface area contributed by atoms with Gasteiger partial charge in [-0.05, 0) is 76.3 Å². The number of fused-ring (bicyclic) bond motifs is 4. The largest absolute Gasteiger partial charge is 0.416 e. The van der Waals surface area contributed by atoms with Crippen molar-refractivity contribution in [3.05, 3.63) is 127 Å². The van der Waals surface area contributed by atoms with Crippen molar-refractivity contribution in [2.45, 2.75) is 12.4 Å². The van der Waals surface area contributed by atoms with E-state index in [4.69, 9.17) is 0 Å². The van der Waals surface area contributed by atoms with E-state index in [0.717, 1.165) is 34.4 Å². The third kappa shape index (κ3) is 5.12. The summed E-state index contributed by atoms with van der Waals surface area (Å²) in [6.07, 6.45) is -8.18. The summed E-state index contributed by atoms with van der Waals surface area (Å²) in [5.41, 5.74) is 1.72. The highest BCUT2D eigenvalue weighted by Crippen LogP contribution is 2.40. The van der Waals surface area contributed by atoms with Crippen molar-refractivity contribution in [1.29, 1.82) is 0 Å². The van der Waals surface area contributed by atoms with Gasteiger partial charge in [-0.15, -0.1) is 11.3 Å². The molecule has 0 saturated carbocycles. The second-order valence-corrected chi connectivity index (χ2v) is 11.4. The van der Waals surface area contributed by atoms with Gasteiger partial charge >= 0.3 is 12.4 Å². The van der Waals surface area contributed by atoms with Crippen molar-refractivity contribution >= 4 is 42.4 Å². The molecule has 0 amide bonds. The van der Waals surface area contributed by atoms with Gasteiger partial charge in [0.2, 0.25) is 0 Å². The summed E-state index contributed by atoms with van der Waals surface area (Å²) in [5, 5.41) is 3.17. The van der Waals surface area contributed by atoms with Gasteiger partial charge in [-0.25, -0.2) is 0 Å². The molecule has 2 aromatic heterocycles. The Balaban J connectivity index is 1.20. The van der Waals surface area contributed by atoms with Crippen LogP contribution >= 0.6 is 11.3 Å². The molecular weight excluding hydrogens is 580 g/mol. The van der Waals surface area contributed by atoms with Gasteiger partial charge in [0.05, 0.1) is 16.6 Å². The first kappa shape index (κ1) is 27.2. The maximum absolute atomic E-state index is 13.4. The van der Waals surface area contributed by atoms with Crippen LogP contribution < -0.4 is 0 Å². The van der Waals surface area contributed by atoms with E-state index in [1.54, 1.807) is 23.6 Å². The van der Waals surface area contributed by atoms with Crippen molar-refractivity contribution < 1.29 is 26.3 Å². The highest BCUT2D eigenvalue weighted by atomic mass is 32.1. The predicted molar refractivity (Wildman–Crippen MR) is 161 cm³/mol. The number of thiophene rings is 1. The van der Waals surface area contributed by atoms with Crippen LogP contribution in [-0.4, -0.2) is 4.98 Å². The molecule has 7 rings (SSSR count). The Morgan fingerprint density at radius 1 is 0.465 bits per heavy atom. The smallest absolute Gasteiger partial charge is 0.256 e. The highest BCUT2D eigenvalue weighted by molar-refractivity contribution is 7.25. The van der Waals surface area contributed by atoms with Crippen molar-refractivity contribution in [3.63, 3.8) is 0 Å². The van der Waals surface area contributed by atoms with Gasteiger partial charge < -0.3 is 0 Å². The summed E-state index contributed by atoms with van der Waals surface area (Å²) in [6.45, 7) is 0. The molecule has 0 bridgehead atoms. The molecule has 1 nitrogen and oxygen atoms in total.